The second-order valence-electron chi connectivity index (χ2n) is 7.11. The fourth-order valence-corrected chi connectivity index (χ4v) is 3.77. The molecule has 0 saturated carbocycles. The molecule has 0 radical (unpaired) electrons. The van der Waals surface area contributed by atoms with Gasteiger partial charge in [-0.15, -0.1) is 0 Å². The third kappa shape index (κ3) is 4.34. The monoisotopic (exact) mass is 382 g/mol. The summed E-state index contributed by atoms with van der Waals surface area (Å²) in [5.41, 5.74) is 0. The van der Waals surface area contributed by atoms with Crippen molar-refractivity contribution in [3.05, 3.63) is 0 Å². The maximum Gasteiger partial charge on any atom is 0.109 e. The second-order valence-corrected chi connectivity index (χ2v) is 7.11. The van der Waals surface area contributed by atoms with Gasteiger partial charge in [0.05, 0.1) is 55.8 Å². The van der Waals surface area contributed by atoms with Crippen molar-refractivity contribution in [1.82, 2.24) is 10.2 Å². The first kappa shape index (κ1) is 21.9. The van der Waals surface area contributed by atoms with E-state index in [9.17, 15) is 35.7 Å². The summed E-state index contributed by atoms with van der Waals surface area (Å²) < 4.78 is 0. The van der Waals surface area contributed by atoms with Crippen LogP contribution in [0.3, 0.4) is 0 Å². The second kappa shape index (κ2) is 9.17. The highest BCUT2D eigenvalue weighted by molar-refractivity contribution is 5.01. The number of aliphatic hydroxyl groups excluding tert-OH is 9. The van der Waals surface area contributed by atoms with Crippen LogP contribution in [-0.2, 0) is 0 Å². The smallest absolute Gasteiger partial charge is 0.109 e. The highest BCUT2D eigenvalue weighted by Crippen LogP contribution is 2.27. The lowest BCUT2D eigenvalue weighted by Gasteiger charge is -2.40. The van der Waals surface area contributed by atoms with E-state index in [1.807, 2.05) is 4.90 Å². The minimum absolute atomic E-state index is 0.333. The van der Waals surface area contributed by atoms with Crippen LogP contribution in [0.1, 0.15) is 6.42 Å². The van der Waals surface area contributed by atoms with Gasteiger partial charge in [-0.05, 0) is 6.42 Å². The van der Waals surface area contributed by atoms with Gasteiger partial charge in [-0.2, -0.15) is 0 Å². The average molecular weight is 382 g/mol. The molecule has 3 fully saturated rings. The summed E-state index contributed by atoms with van der Waals surface area (Å²) in [7, 11) is 0. The molecule has 0 unspecified atom stereocenters. The van der Waals surface area contributed by atoms with Crippen LogP contribution >= 0.6 is 0 Å². The Hall–Kier alpha value is -0.440. The van der Waals surface area contributed by atoms with Crippen LogP contribution < -0.4 is 5.32 Å². The zero-order valence-electron chi connectivity index (χ0n) is 14.3. The quantitative estimate of drug-likeness (QED) is 0.218. The third-order valence-electron chi connectivity index (χ3n) is 5.39. The third-order valence-corrected chi connectivity index (χ3v) is 5.39. The Bertz CT molecular complexity index is 425. The van der Waals surface area contributed by atoms with Gasteiger partial charge >= 0.3 is 0 Å². The summed E-state index contributed by atoms with van der Waals surface area (Å²) in [5.74, 6) is 0. The number of aliphatic hydroxyl groups is 9. The molecule has 3 saturated heterocycles. The highest BCUT2D eigenvalue weighted by atomic mass is 16.4. The molecular weight excluding hydrogens is 352 g/mol. The number of piperidine rings is 2. The van der Waals surface area contributed by atoms with Crippen LogP contribution in [0.25, 0.3) is 0 Å². The summed E-state index contributed by atoms with van der Waals surface area (Å²) in [6, 6.07) is -1.83. The minimum atomic E-state index is -1.34. The topological polar surface area (TPSA) is 197 Å². The fourth-order valence-electron chi connectivity index (χ4n) is 3.77. The molecule has 0 aromatic heterocycles. The van der Waals surface area contributed by atoms with E-state index in [0.29, 0.717) is 19.5 Å². The Morgan fingerprint density at radius 3 is 1.73 bits per heavy atom. The Labute approximate surface area is 150 Å². The van der Waals surface area contributed by atoms with Crippen LogP contribution in [0.2, 0.25) is 0 Å². The van der Waals surface area contributed by atoms with Crippen molar-refractivity contribution in [2.75, 3.05) is 26.3 Å². The van der Waals surface area contributed by atoms with Gasteiger partial charge in [-0.1, -0.05) is 0 Å². The summed E-state index contributed by atoms with van der Waals surface area (Å²) in [5, 5.41) is 85.9. The minimum Gasteiger partial charge on any atom is -0.395 e. The van der Waals surface area contributed by atoms with Gasteiger partial charge in [0.15, 0.2) is 0 Å². The Kier molecular flexibility index (Phi) is 7.71. The van der Waals surface area contributed by atoms with Crippen molar-refractivity contribution in [1.29, 1.82) is 0 Å². The molecule has 0 aromatic carbocycles. The molecule has 10 N–H and O–H groups in total. The molecule has 0 bridgehead atoms. The predicted octanol–water partition coefficient (Wildman–Crippen LogP) is -6.09. The van der Waals surface area contributed by atoms with Gasteiger partial charge in [0.25, 0.3) is 0 Å². The van der Waals surface area contributed by atoms with Crippen molar-refractivity contribution in [3.63, 3.8) is 0 Å². The summed E-state index contributed by atoms with van der Waals surface area (Å²) in [6.45, 7) is 0.287. The predicted molar refractivity (Wildman–Crippen MR) is 86.9 cm³/mol. The van der Waals surface area contributed by atoms with Crippen molar-refractivity contribution < 1.29 is 46.0 Å². The molecule has 3 heterocycles. The van der Waals surface area contributed by atoms with Gasteiger partial charge in [0, 0.05) is 13.1 Å². The van der Waals surface area contributed by atoms with Crippen molar-refractivity contribution in [2.24, 2.45) is 0 Å². The highest BCUT2D eigenvalue weighted by Gasteiger charge is 2.47. The molecule has 3 aliphatic heterocycles. The maximum atomic E-state index is 9.58. The van der Waals surface area contributed by atoms with Crippen LogP contribution in [0, 0.1) is 0 Å². The van der Waals surface area contributed by atoms with Crippen molar-refractivity contribution >= 4 is 0 Å². The summed E-state index contributed by atoms with van der Waals surface area (Å²) in [4.78, 5) is 1.83. The van der Waals surface area contributed by atoms with Crippen molar-refractivity contribution in [3.8, 4) is 0 Å². The van der Waals surface area contributed by atoms with E-state index in [4.69, 9.17) is 10.2 Å². The number of hydrogen-bond acceptors (Lipinski definition) is 11. The Morgan fingerprint density at radius 1 is 0.692 bits per heavy atom. The lowest BCUT2D eigenvalue weighted by Crippen LogP contribution is -2.66. The lowest BCUT2D eigenvalue weighted by molar-refractivity contribution is -0.140. The molecule has 3 rings (SSSR count). The van der Waals surface area contributed by atoms with Gasteiger partial charge in [0.1, 0.15) is 18.3 Å². The number of nitrogens with one attached hydrogen (secondary N) is 1. The number of hydrogen-bond donors (Lipinski definition) is 10. The van der Waals surface area contributed by atoms with Crippen LogP contribution in [0.4, 0.5) is 0 Å². The van der Waals surface area contributed by atoms with E-state index in [0.717, 1.165) is 0 Å². The molecule has 3 aliphatic rings. The summed E-state index contributed by atoms with van der Waals surface area (Å²) >= 11 is 0. The Balaban J connectivity index is 0.000000187. The fraction of sp³-hybridized carbons (Fsp3) is 1.00. The molecule has 0 spiro atoms. The molecule has 11 heteroatoms. The van der Waals surface area contributed by atoms with Crippen LogP contribution in [-0.4, -0.2) is 138 Å². The first-order valence-corrected chi connectivity index (χ1v) is 8.71. The van der Waals surface area contributed by atoms with Gasteiger partial charge in [-0.3, -0.25) is 4.90 Å². The van der Waals surface area contributed by atoms with Crippen LogP contribution in [0.15, 0.2) is 0 Å². The number of rotatable bonds is 2. The van der Waals surface area contributed by atoms with E-state index in [-0.39, 0.29) is 13.2 Å². The molecule has 154 valence electrons. The van der Waals surface area contributed by atoms with Crippen molar-refractivity contribution in [2.45, 2.75) is 67.3 Å². The van der Waals surface area contributed by atoms with Crippen LogP contribution in [0.5, 0.6) is 0 Å². The Morgan fingerprint density at radius 2 is 1.23 bits per heavy atom. The molecule has 10 atom stereocenters. The lowest BCUT2D eigenvalue weighted by atomic mass is 9.91. The molecule has 0 aromatic rings. The van der Waals surface area contributed by atoms with E-state index in [1.54, 1.807) is 0 Å². The van der Waals surface area contributed by atoms with Gasteiger partial charge in [0.2, 0.25) is 0 Å². The first-order valence-electron chi connectivity index (χ1n) is 8.71. The van der Waals surface area contributed by atoms with Gasteiger partial charge < -0.3 is 51.3 Å². The first-order chi connectivity index (χ1) is 12.2. The largest absolute Gasteiger partial charge is 0.395 e. The van der Waals surface area contributed by atoms with E-state index >= 15 is 0 Å². The van der Waals surface area contributed by atoms with Gasteiger partial charge in [-0.25, -0.2) is 0 Å². The summed E-state index contributed by atoms with van der Waals surface area (Å²) in [6.07, 6.45) is -6.84. The van der Waals surface area contributed by atoms with E-state index < -0.39 is 60.9 Å². The zero-order valence-corrected chi connectivity index (χ0v) is 14.3. The average Bonchev–Trinajstić information content (AvgIpc) is 2.99. The SMILES string of the molecule is OC[C@H]1N[C@H](CO)[C@@H](O)[C@H](O)[C@H]1O.O[C@H]1[C@H](O)[C@@H](O)CN2CC[C@H](O)[C@H]12. The molecule has 0 amide bonds. The van der Waals surface area contributed by atoms with E-state index in [1.165, 1.54) is 0 Å². The number of fused-ring (bicyclic) bond motifs is 1. The normalized spacial score (nSPS) is 49.3. The molecular formula is C15H30N2O9. The van der Waals surface area contributed by atoms with E-state index in [2.05, 4.69) is 5.32 Å². The molecule has 0 aliphatic carbocycles. The maximum absolute atomic E-state index is 9.58. The number of nitrogens with zero attached hydrogens (tertiary/aromatic N) is 1. The standard InChI is InChI=1S/C8H15NO4.C7H15NO5/c10-4-1-2-9-3-5(11)7(12)8(13)6(4)9;9-1-3-5(11)7(13)6(12)4(2-10)8-3/h4-8,10-13H,1-3H2;3-13H,1-2H2/t4-,5-,6+,7+,8+;3-,4-,5-,6+,7+/m01/s1. The zero-order chi connectivity index (χ0) is 19.6. The molecule has 11 nitrogen and oxygen atoms in total. The molecule has 26 heavy (non-hydrogen) atoms.